The quantitative estimate of drug-likeness (QED) is 0.351. The second-order valence-electron chi connectivity index (χ2n) is 6.54. The van der Waals surface area contributed by atoms with Crippen molar-refractivity contribution < 1.29 is 27.2 Å². The fraction of sp³-hybridized carbons (Fsp3) is 0.143. The molecule has 3 rings (SSSR count). The molecule has 0 atom stereocenters. The summed E-state index contributed by atoms with van der Waals surface area (Å²) >= 11 is 0. The van der Waals surface area contributed by atoms with Gasteiger partial charge in [-0.1, -0.05) is 0 Å². The van der Waals surface area contributed by atoms with Gasteiger partial charge in [-0.15, -0.1) is 0 Å². The average molecular weight is 428 g/mol. The Morgan fingerprint density at radius 2 is 1.87 bits per heavy atom. The normalized spacial score (nSPS) is 11.7. The first-order valence-electron chi connectivity index (χ1n) is 8.90. The summed E-state index contributed by atoms with van der Waals surface area (Å²) < 4.78 is 34.7. The highest BCUT2D eigenvalue weighted by atomic mass is 32.2. The van der Waals surface area contributed by atoms with E-state index in [0.717, 1.165) is 5.69 Å². The number of hydrogen-bond acceptors (Lipinski definition) is 6. The zero-order valence-electron chi connectivity index (χ0n) is 16.4. The lowest BCUT2D eigenvalue weighted by molar-refractivity contribution is -0.136. The molecule has 2 N–H and O–H groups in total. The molecular weight excluding hydrogens is 408 g/mol. The van der Waals surface area contributed by atoms with Crippen LogP contribution >= 0.6 is 0 Å². The van der Waals surface area contributed by atoms with Crippen LogP contribution in [0.3, 0.4) is 0 Å². The molecule has 0 saturated carbocycles. The second kappa shape index (κ2) is 8.52. The van der Waals surface area contributed by atoms with Crippen LogP contribution in [0.15, 0.2) is 64.1 Å². The first kappa shape index (κ1) is 21.3. The molecule has 0 amide bonds. The third-order valence-corrected chi connectivity index (χ3v) is 5.36. The third kappa shape index (κ3) is 4.76. The van der Waals surface area contributed by atoms with E-state index in [1.807, 2.05) is 6.92 Å². The van der Waals surface area contributed by atoms with Crippen molar-refractivity contribution in [2.24, 2.45) is 5.14 Å². The smallest absolute Gasteiger partial charge is 0.331 e. The van der Waals surface area contributed by atoms with E-state index < -0.39 is 22.6 Å². The molecule has 156 valence electrons. The van der Waals surface area contributed by atoms with Crippen LogP contribution in [-0.4, -0.2) is 31.3 Å². The Hall–Kier alpha value is -3.43. The molecule has 0 bridgehead atoms. The summed E-state index contributed by atoms with van der Waals surface area (Å²) in [5, 5.41) is 5.13. The maximum absolute atomic E-state index is 12.6. The predicted molar refractivity (Wildman–Crippen MR) is 110 cm³/mol. The Kier molecular flexibility index (Phi) is 6.04. The van der Waals surface area contributed by atoms with Crippen LogP contribution in [0.2, 0.25) is 0 Å². The van der Waals surface area contributed by atoms with Crippen molar-refractivity contribution in [2.75, 3.05) is 6.61 Å². The van der Waals surface area contributed by atoms with Crippen LogP contribution in [0, 0.1) is 13.8 Å². The Labute approximate surface area is 173 Å². The van der Waals surface area contributed by atoms with Gasteiger partial charge in [0.15, 0.2) is 6.61 Å². The van der Waals surface area contributed by atoms with Gasteiger partial charge >= 0.3 is 5.97 Å². The molecule has 1 aromatic carbocycles. The predicted octanol–water partition coefficient (Wildman–Crippen LogP) is 2.77. The molecule has 8 nitrogen and oxygen atoms in total. The number of nitrogens with two attached hydrogens (primary N) is 1. The van der Waals surface area contributed by atoms with Crippen LogP contribution in [-0.2, 0) is 19.6 Å². The standard InChI is InChI=1S/C21H20N2O6S/c1-14-12-19(20(24)13-29-21(25)10-7-17-4-3-11-28-17)15(2)23(14)16-5-8-18(9-6-16)30(22,26)27/h3-12H,13H2,1-2H3,(H2,22,26,27)/b10-7+. The van der Waals surface area contributed by atoms with Crippen molar-refractivity contribution in [2.45, 2.75) is 18.7 Å². The molecule has 0 aliphatic heterocycles. The van der Waals surface area contributed by atoms with E-state index in [1.54, 1.807) is 41.8 Å². The minimum Gasteiger partial charge on any atom is -0.465 e. The minimum atomic E-state index is -3.79. The van der Waals surface area contributed by atoms with Crippen LogP contribution in [0.25, 0.3) is 11.8 Å². The molecule has 0 radical (unpaired) electrons. The molecule has 0 aliphatic carbocycles. The Morgan fingerprint density at radius 1 is 1.17 bits per heavy atom. The SMILES string of the molecule is Cc1cc(C(=O)COC(=O)/C=C/c2ccco2)c(C)n1-c1ccc(S(N)(=O)=O)cc1. The number of esters is 1. The van der Waals surface area contributed by atoms with E-state index >= 15 is 0 Å². The molecule has 0 spiro atoms. The molecule has 9 heteroatoms. The summed E-state index contributed by atoms with van der Waals surface area (Å²) in [6, 6.07) is 11.1. The number of hydrogen-bond donors (Lipinski definition) is 1. The number of carbonyl (C=O) groups is 2. The average Bonchev–Trinajstić information content (AvgIpc) is 3.31. The van der Waals surface area contributed by atoms with Crippen LogP contribution in [0.4, 0.5) is 0 Å². The molecule has 0 saturated heterocycles. The summed E-state index contributed by atoms with van der Waals surface area (Å²) in [7, 11) is -3.79. The largest absolute Gasteiger partial charge is 0.465 e. The van der Waals surface area contributed by atoms with Crippen molar-refractivity contribution in [3.63, 3.8) is 0 Å². The monoisotopic (exact) mass is 428 g/mol. The number of primary sulfonamides is 1. The highest BCUT2D eigenvalue weighted by molar-refractivity contribution is 7.89. The molecule has 0 aliphatic rings. The van der Waals surface area contributed by atoms with Crippen molar-refractivity contribution in [1.82, 2.24) is 4.57 Å². The van der Waals surface area contributed by atoms with Crippen molar-refractivity contribution in [3.8, 4) is 5.69 Å². The van der Waals surface area contributed by atoms with E-state index in [2.05, 4.69) is 0 Å². The number of aryl methyl sites for hydroxylation is 1. The highest BCUT2D eigenvalue weighted by Gasteiger charge is 2.18. The maximum Gasteiger partial charge on any atom is 0.331 e. The number of aromatic nitrogens is 1. The maximum atomic E-state index is 12.6. The number of ketones is 1. The lowest BCUT2D eigenvalue weighted by atomic mass is 10.1. The summed E-state index contributed by atoms with van der Waals surface area (Å²) in [6.45, 7) is 3.16. The van der Waals surface area contributed by atoms with Gasteiger partial charge in [-0.05, 0) is 62.4 Å². The topological polar surface area (TPSA) is 122 Å². The van der Waals surface area contributed by atoms with E-state index in [4.69, 9.17) is 14.3 Å². The van der Waals surface area contributed by atoms with Gasteiger partial charge in [-0.3, -0.25) is 4.79 Å². The molecule has 0 unspecified atom stereocenters. The Balaban J connectivity index is 1.73. The number of benzene rings is 1. The second-order valence-corrected chi connectivity index (χ2v) is 8.10. The summed E-state index contributed by atoms with van der Waals surface area (Å²) in [6.07, 6.45) is 4.11. The Morgan fingerprint density at radius 3 is 2.47 bits per heavy atom. The van der Waals surface area contributed by atoms with Crippen molar-refractivity contribution in [1.29, 1.82) is 0 Å². The summed E-state index contributed by atoms with van der Waals surface area (Å²) in [5.74, 6) is -0.516. The first-order valence-corrected chi connectivity index (χ1v) is 10.4. The summed E-state index contributed by atoms with van der Waals surface area (Å²) in [4.78, 5) is 24.4. The van der Waals surface area contributed by atoms with Gasteiger partial charge in [-0.25, -0.2) is 18.4 Å². The van der Waals surface area contributed by atoms with E-state index in [9.17, 15) is 18.0 Å². The number of rotatable bonds is 7. The third-order valence-electron chi connectivity index (χ3n) is 4.43. The molecular formula is C21H20N2O6S. The fourth-order valence-corrected chi connectivity index (χ4v) is 3.54. The van der Waals surface area contributed by atoms with Crippen LogP contribution in [0.5, 0.6) is 0 Å². The lowest BCUT2D eigenvalue weighted by Crippen LogP contribution is -2.13. The highest BCUT2D eigenvalue weighted by Crippen LogP contribution is 2.22. The van der Waals surface area contributed by atoms with Crippen LogP contribution < -0.4 is 5.14 Å². The number of furan rings is 1. The number of carbonyl (C=O) groups excluding carboxylic acids is 2. The van der Waals surface area contributed by atoms with E-state index in [1.165, 1.54) is 30.5 Å². The van der Waals surface area contributed by atoms with Crippen LogP contribution in [0.1, 0.15) is 27.5 Å². The fourth-order valence-electron chi connectivity index (χ4n) is 3.03. The molecule has 0 fully saturated rings. The van der Waals surface area contributed by atoms with Gasteiger partial charge in [0.25, 0.3) is 0 Å². The van der Waals surface area contributed by atoms with E-state index in [0.29, 0.717) is 22.7 Å². The minimum absolute atomic E-state index is 0.000437. The number of nitrogens with zero attached hydrogens (tertiary/aromatic N) is 1. The van der Waals surface area contributed by atoms with E-state index in [-0.39, 0.29) is 10.7 Å². The van der Waals surface area contributed by atoms with Gasteiger partial charge in [0.1, 0.15) is 5.76 Å². The zero-order valence-corrected chi connectivity index (χ0v) is 17.2. The Bertz CT molecular complexity index is 1200. The lowest BCUT2D eigenvalue weighted by Gasteiger charge is -2.10. The molecule has 2 heterocycles. The zero-order chi connectivity index (χ0) is 21.9. The molecule has 30 heavy (non-hydrogen) atoms. The van der Waals surface area contributed by atoms with Gasteiger partial charge in [0.05, 0.1) is 11.2 Å². The molecule has 2 aromatic heterocycles. The van der Waals surface area contributed by atoms with Gasteiger partial charge in [-0.2, -0.15) is 0 Å². The molecule has 3 aromatic rings. The van der Waals surface area contributed by atoms with Gasteiger partial charge in [0, 0.05) is 28.7 Å². The van der Waals surface area contributed by atoms with Gasteiger partial charge < -0.3 is 13.7 Å². The summed E-state index contributed by atoms with van der Waals surface area (Å²) in [5.41, 5.74) is 2.49. The van der Waals surface area contributed by atoms with Crippen molar-refractivity contribution >= 4 is 27.9 Å². The van der Waals surface area contributed by atoms with Gasteiger partial charge in [0.2, 0.25) is 15.8 Å². The van der Waals surface area contributed by atoms with Crippen molar-refractivity contribution in [3.05, 3.63) is 77.5 Å². The first-order chi connectivity index (χ1) is 14.2. The number of Topliss-reactive ketones (excluding diaryl/α,β-unsaturated/α-hetero) is 1. The number of sulfonamides is 1. The number of ether oxygens (including phenoxy) is 1.